The highest BCUT2D eigenvalue weighted by atomic mass is 16.2. The molecule has 1 aromatic heterocycles. The van der Waals surface area contributed by atoms with Crippen molar-refractivity contribution in [1.29, 1.82) is 0 Å². The van der Waals surface area contributed by atoms with E-state index in [4.69, 9.17) is 0 Å². The Labute approximate surface area is 117 Å². The Morgan fingerprint density at radius 3 is 2.60 bits per heavy atom. The van der Waals surface area contributed by atoms with Crippen molar-refractivity contribution in [3.63, 3.8) is 0 Å². The van der Waals surface area contributed by atoms with Gasteiger partial charge in [0, 0.05) is 30.9 Å². The van der Waals surface area contributed by atoms with Crippen LogP contribution in [0.2, 0.25) is 0 Å². The lowest BCUT2D eigenvalue weighted by molar-refractivity contribution is 0.0611. The quantitative estimate of drug-likeness (QED) is 0.763. The minimum absolute atomic E-state index is 0.0588. The zero-order chi connectivity index (χ0) is 14.1. The Kier molecular flexibility index (Phi) is 3.65. The van der Waals surface area contributed by atoms with Crippen LogP contribution in [0.3, 0.4) is 0 Å². The van der Waals surface area contributed by atoms with E-state index in [1.807, 2.05) is 4.90 Å². The molecule has 3 heterocycles. The van der Waals surface area contributed by atoms with Gasteiger partial charge in [0.1, 0.15) is 5.69 Å². The molecule has 2 fully saturated rings. The number of imidazole rings is 1. The summed E-state index contributed by atoms with van der Waals surface area (Å²) in [5.41, 5.74) is 0.0458. The normalized spacial score (nSPS) is 28.6. The molecule has 20 heavy (non-hydrogen) atoms. The van der Waals surface area contributed by atoms with Crippen LogP contribution in [0.4, 0.5) is 0 Å². The lowest BCUT2D eigenvalue weighted by Gasteiger charge is -2.37. The number of hydrogen-bond donors (Lipinski definition) is 3. The summed E-state index contributed by atoms with van der Waals surface area (Å²) < 4.78 is 0. The Bertz CT molecular complexity index is 523. The largest absolute Gasteiger partial charge is 0.334 e. The predicted molar refractivity (Wildman–Crippen MR) is 75.7 cm³/mol. The van der Waals surface area contributed by atoms with E-state index in [-0.39, 0.29) is 11.6 Å². The summed E-state index contributed by atoms with van der Waals surface area (Å²) >= 11 is 0. The number of aromatic nitrogens is 2. The number of nitrogens with one attached hydrogen (secondary N) is 3. The van der Waals surface area contributed by atoms with Crippen LogP contribution >= 0.6 is 0 Å². The molecule has 1 amide bonds. The molecular formula is C14H22N4O2. The summed E-state index contributed by atoms with van der Waals surface area (Å²) in [6.45, 7) is 2.83. The molecule has 2 unspecified atom stereocenters. The van der Waals surface area contributed by atoms with Gasteiger partial charge in [0.05, 0.1) is 0 Å². The van der Waals surface area contributed by atoms with Gasteiger partial charge in [0.25, 0.3) is 5.91 Å². The minimum atomic E-state index is -0.324. The molecule has 2 saturated heterocycles. The first-order valence-corrected chi connectivity index (χ1v) is 7.52. The smallest absolute Gasteiger partial charge is 0.323 e. The van der Waals surface area contributed by atoms with Crippen LogP contribution < -0.4 is 11.0 Å². The van der Waals surface area contributed by atoms with Crippen molar-refractivity contribution >= 4 is 5.91 Å². The molecule has 0 aromatic carbocycles. The summed E-state index contributed by atoms with van der Waals surface area (Å²) in [5, 5.41) is 3.60. The van der Waals surface area contributed by atoms with Crippen molar-refractivity contribution < 1.29 is 4.79 Å². The number of rotatable bonds is 4. The molecular weight excluding hydrogens is 256 g/mol. The molecule has 0 saturated carbocycles. The third-order valence-corrected chi connectivity index (χ3v) is 4.44. The Morgan fingerprint density at radius 2 is 2.05 bits per heavy atom. The number of aromatic amines is 2. The standard InChI is InChI=1S/C14H22N4O2/c1-2-5-18(13(19)12-8-15-14(20)17-12)11-6-9-3-4-10(7-11)16-9/h8-11,16H,2-7H2,1H3,(H2,15,17,20). The molecule has 1 aromatic rings. The molecule has 110 valence electrons. The van der Waals surface area contributed by atoms with Gasteiger partial charge in [0.2, 0.25) is 0 Å². The van der Waals surface area contributed by atoms with Crippen molar-refractivity contribution in [2.24, 2.45) is 0 Å². The number of hydrogen-bond acceptors (Lipinski definition) is 3. The van der Waals surface area contributed by atoms with Crippen LogP contribution in [0, 0.1) is 0 Å². The number of nitrogens with zero attached hydrogens (tertiary/aromatic N) is 1. The van der Waals surface area contributed by atoms with Crippen LogP contribution in [-0.2, 0) is 0 Å². The van der Waals surface area contributed by atoms with Crippen molar-refractivity contribution in [2.75, 3.05) is 6.54 Å². The van der Waals surface area contributed by atoms with E-state index in [1.165, 1.54) is 19.0 Å². The summed E-state index contributed by atoms with van der Waals surface area (Å²) in [4.78, 5) is 30.8. The second-order valence-electron chi connectivity index (χ2n) is 5.92. The number of fused-ring (bicyclic) bond motifs is 2. The third kappa shape index (κ3) is 2.52. The highest BCUT2D eigenvalue weighted by molar-refractivity contribution is 5.92. The fourth-order valence-electron chi connectivity index (χ4n) is 3.57. The Morgan fingerprint density at radius 1 is 1.35 bits per heavy atom. The van der Waals surface area contributed by atoms with Crippen LogP contribution in [0.25, 0.3) is 0 Å². The lowest BCUT2D eigenvalue weighted by Crippen LogP contribution is -2.50. The molecule has 3 rings (SSSR count). The van der Waals surface area contributed by atoms with Gasteiger partial charge in [-0.2, -0.15) is 0 Å². The van der Waals surface area contributed by atoms with Crippen LogP contribution in [-0.4, -0.2) is 45.4 Å². The number of amides is 1. The van der Waals surface area contributed by atoms with Gasteiger partial charge in [-0.15, -0.1) is 0 Å². The molecule has 2 bridgehead atoms. The highest BCUT2D eigenvalue weighted by Gasteiger charge is 2.37. The van der Waals surface area contributed by atoms with E-state index in [2.05, 4.69) is 22.2 Å². The van der Waals surface area contributed by atoms with Crippen molar-refractivity contribution in [3.8, 4) is 0 Å². The maximum absolute atomic E-state index is 12.6. The zero-order valence-corrected chi connectivity index (χ0v) is 11.8. The fourth-order valence-corrected chi connectivity index (χ4v) is 3.57. The summed E-state index contributed by atoms with van der Waals surface area (Å²) in [6, 6.07) is 1.40. The molecule has 3 N–H and O–H groups in total. The molecule has 0 aliphatic carbocycles. The predicted octanol–water partition coefficient (Wildman–Crippen LogP) is 0.838. The Hall–Kier alpha value is -1.56. The fraction of sp³-hybridized carbons (Fsp3) is 0.714. The van der Waals surface area contributed by atoms with E-state index >= 15 is 0 Å². The molecule has 2 atom stereocenters. The van der Waals surface area contributed by atoms with E-state index in [0.717, 1.165) is 25.8 Å². The maximum Gasteiger partial charge on any atom is 0.323 e. The van der Waals surface area contributed by atoms with Gasteiger partial charge in [-0.1, -0.05) is 6.92 Å². The summed E-state index contributed by atoms with van der Waals surface area (Å²) in [5.74, 6) is -0.0588. The first-order chi connectivity index (χ1) is 9.67. The summed E-state index contributed by atoms with van der Waals surface area (Å²) in [6.07, 6.45) is 6.89. The molecule has 2 aliphatic heterocycles. The van der Waals surface area contributed by atoms with Gasteiger partial charge in [-0.25, -0.2) is 4.79 Å². The topological polar surface area (TPSA) is 81.0 Å². The molecule has 0 radical (unpaired) electrons. The first kappa shape index (κ1) is 13.4. The molecule has 6 nitrogen and oxygen atoms in total. The second-order valence-corrected chi connectivity index (χ2v) is 5.92. The summed E-state index contributed by atoms with van der Waals surface area (Å²) in [7, 11) is 0. The van der Waals surface area contributed by atoms with Gasteiger partial charge >= 0.3 is 5.69 Å². The monoisotopic (exact) mass is 278 g/mol. The molecule has 2 aliphatic rings. The van der Waals surface area contributed by atoms with Crippen molar-refractivity contribution in [3.05, 3.63) is 22.4 Å². The third-order valence-electron chi connectivity index (χ3n) is 4.44. The van der Waals surface area contributed by atoms with E-state index in [9.17, 15) is 9.59 Å². The van der Waals surface area contributed by atoms with E-state index in [1.54, 1.807) is 0 Å². The van der Waals surface area contributed by atoms with E-state index in [0.29, 0.717) is 23.8 Å². The highest BCUT2D eigenvalue weighted by Crippen LogP contribution is 2.30. The van der Waals surface area contributed by atoms with Gasteiger partial charge in [-0.3, -0.25) is 4.79 Å². The van der Waals surface area contributed by atoms with Gasteiger partial charge in [0.15, 0.2) is 0 Å². The number of H-pyrrole nitrogens is 2. The maximum atomic E-state index is 12.6. The first-order valence-electron chi connectivity index (χ1n) is 7.52. The van der Waals surface area contributed by atoms with Gasteiger partial charge < -0.3 is 20.2 Å². The SMILES string of the molecule is CCCN(C(=O)c1c[nH]c(=O)[nH]1)C1CC2CCC(C1)N2. The molecule has 6 heteroatoms. The number of carbonyl (C=O) groups is 1. The second kappa shape index (κ2) is 5.44. The average molecular weight is 278 g/mol. The Balaban J connectivity index is 1.78. The zero-order valence-electron chi connectivity index (χ0n) is 11.8. The molecule has 0 spiro atoms. The number of piperidine rings is 1. The van der Waals surface area contributed by atoms with Crippen LogP contribution in [0.5, 0.6) is 0 Å². The lowest BCUT2D eigenvalue weighted by atomic mass is 9.97. The van der Waals surface area contributed by atoms with Crippen molar-refractivity contribution in [2.45, 2.75) is 57.2 Å². The van der Waals surface area contributed by atoms with E-state index < -0.39 is 0 Å². The van der Waals surface area contributed by atoms with Gasteiger partial charge in [-0.05, 0) is 32.1 Å². The van der Waals surface area contributed by atoms with Crippen LogP contribution in [0.1, 0.15) is 49.5 Å². The minimum Gasteiger partial charge on any atom is -0.334 e. The van der Waals surface area contributed by atoms with Crippen molar-refractivity contribution in [1.82, 2.24) is 20.2 Å². The van der Waals surface area contributed by atoms with Crippen LogP contribution in [0.15, 0.2) is 11.0 Å². The number of carbonyl (C=O) groups excluding carboxylic acids is 1. The average Bonchev–Trinajstić information content (AvgIpc) is 3.01.